The summed E-state index contributed by atoms with van der Waals surface area (Å²) in [5.74, 6) is -0.377. The van der Waals surface area contributed by atoms with Crippen LogP contribution in [0.4, 0.5) is 21.5 Å². The van der Waals surface area contributed by atoms with Crippen molar-refractivity contribution in [2.45, 2.75) is 13.8 Å². The lowest BCUT2D eigenvalue weighted by molar-refractivity contribution is -0.115. The number of methoxy groups -OCH3 is 1. The summed E-state index contributed by atoms with van der Waals surface area (Å²) in [5.41, 5.74) is 1.62. The summed E-state index contributed by atoms with van der Waals surface area (Å²) in [6, 6.07) is 11.1. The lowest BCUT2D eigenvalue weighted by Crippen LogP contribution is -2.33. The van der Waals surface area contributed by atoms with Crippen LogP contribution in [-0.4, -0.2) is 32.0 Å². The Bertz CT molecular complexity index is 795. The molecule has 7 heteroatoms. The molecule has 2 N–H and O–H groups in total. The molecule has 2 aromatic rings. The number of nitrogens with zero attached hydrogens (tertiary/aromatic N) is 1. The number of hydrogen-bond acceptors (Lipinski definition) is 4. The van der Waals surface area contributed by atoms with Crippen molar-refractivity contribution in [1.82, 2.24) is 0 Å². The van der Waals surface area contributed by atoms with Gasteiger partial charge in [-0.1, -0.05) is 6.07 Å². The van der Waals surface area contributed by atoms with Gasteiger partial charge in [0.25, 0.3) is 0 Å². The van der Waals surface area contributed by atoms with Crippen molar-refractivity contribution in [3.63, 3.8) is 0 Å². The Kier molecular flexibility index (Phi) is 6.54. The standard InChI is InChI=1S/C19H22FN3O3/c1-4-23(16-7-5-6-14(20)10-16)12-19(25)22-17-11-15(21-13(2)24)8-9-18(17)26-3/h5-11H,4,12H2,1-3H3,(H,21,24)(H,22,25). The number of halogens is 1. The van der Waals surface area contributed by atoms with Gasteiger partial charge in [-0.25, -0.2) is 4.39 Å². The zero-order valence-corrected chi connectivity index (χ0v) is 15.0. The lowest BCUT2D eigenvalue weighted by atomic mass is 10.2. The van der Waals surface area contributed by atoms with E-state index >= 15 is 0 Å². The number of carbonyl (C=O) groups is 2. The molecule has 0 aromatic heterocycles. The Morgan fingerprint density at radius 2 is 1.92 bits per heavy atom. The molecule has 26 heavy (non-hydrogen) atoms. The van der Waals surface area contributed by atoms with Gasteiger partial charge < -0.3 is 20.3 Å². The van der Waals surface area contributed by atoms with E-state index in [4.69, 9.17) is 4.74 Å². The zero-order valence-electron chi connectivity index (χ0n) is 15.0. The highest BCUT2D eigenvalue weighted by Crippen LogP contribution is 2.28. The van der Waals surface area contributed by atoms with E-state index in [1.54, 1.807) is 35.2 Å². The summed E-state index contributed by atoms with van der Waals surface area (Å²) in [7, 11) is 1.49. The molecule has 0 aliphatic heterocycles. The third-order valence-corrected chi connectivity index (χ3v) is 3.68. The second-order valence-corrected chi connectivity index (χ2v) is 5.64. The average Bonchev–Trinajstić information content (AvgIpc) is 2.59. The van der Waals surface area contributed by atoms with Gasteiger partial charge in [0, 0.05) is 24.8 Å². The molecule has 0 bridgehead atoms. The molecule has 0 fully saturated rings. The van der Waals surface area contributed by atoms with Crippen LogP contribution < -0.4 is 20.3 Å². The van der Waals surface area contributed by atoms with Gasteiger partial charge in [-0.15, -0.1) is 0 Å². The van der Waals surface area contributed by atoms with Crippen molar-refractivity contribution in [1.29, 1.82) is 0 Å². The number of amides is 2. The molecule has 2 amide bonds. The Morgan fingerprint density at radius 3 is 2.54 bits per heavy atom. The number of ether oxygens (including phenoxy) is 1. The van der Waals surface area contributed by atoms with E-state index in [1.165, 1.54) is 26.2 Å². The number of rotatable bonds is 7. The Hall–Kier alpha value is -3.09. The maximum absolute atomic E-state index is 13.4. The van der Waals surface area contributed by atoms with Gasteiger partial charge in [0.2, 0.25) is 11.8 Å². The molecule has 6 nitrogen and oxygen atoms in total. The summed E-state index contributed by atoms with van der Waals surface area (Å²) in [4.78, 5) is 25.4. The molecule has 0 heterocycles. The summed E-state index contributed by atoms with van der Waals surface area (Å²) in [6.07, 6.45) is 0. The van der Waals surface area contributed by atoms with Gasteiger partial charge >= 0.3 is 0 Å². The quantitative estimate of drug-likeness (QED) is 0.796. The maximum Gasteiger partial charge on any atom is 0.243 e. The molecule has 0 radical (unpaired) electrons. The van der Waals surface area contributed by atoms with Gasteiger partial charge in [0.1, 0.15) is 11.6 Å². The first kappa shape index (κ1) is 19.2. The highest BCUT2D eigenvalue weighted by atomic mass is 19.1. The lowest BCUT2D eigenvalue weighted by Gasteiger charge is -2.23. The van der Waals surface area contributed by atoms with Crippen molar-refractivity contribution in [2.75, 3.05) is 35.7 Å². The van der Waals surface area contributed by atoms with Gasteiger partial charge in [0.15, 0.2) is 0 Å². The summed E-state index contributed by atoms with van der Waals surface area (Å²) >= 11 is 0. The van der Waals surface area contributed by atoms with Crippen molar-refractivity contribution < 1.29 is 18.7 Å². The Labute approximate surface area is 152 Å². The highest BCUT2D eigenvalue weighted by molar-refractivity contribution is 5.97. The number of likely N-dealkylation sites (N-methyl/N-ethyl adjacent to an activating group) is 1. The predicted molar refractivity (Wildman–Crippen MR) is 100 cm³/mol. The smallest absolute Gasteiger partial charge is 0.243 e. The summed E-state index contributed by atoms with van der Waals surface area (Å²) in [6.45, 7) is 3.88. The molecule has 0 unspecified atom stereocenters. The average molecular weight is 359 g/mol. The van der Waals surface area contributed by atoms with Crippen LogP contribution in [0.15, 0.2) is 42.5 Å². The molecule has 0 aliphatic rings. The first-order chi connectivity index (χ1) is 12.4. The SMILES string of the molecule is CCN(CC(=O)Nc1cc(NC(C)=O)ccc1OC)c1cccc(F)c1. The van der Waals surface area contributed by atoms with Gasteiger partial charge in [-0.05, 0) is 43.3 Å². The zero-order chi connectivity index (χ0) is 19.1. The topological polar surface area (TPSA) is 70.7 Å². The predicted octanol–water partition coefficient (Wildman–Crippen LogP) is 3.26. The van der Waals surface area contributed by atoms with Gasteiger partial charge in [-0.2, -0.15) is 0 Å². The van der Waals surface area contributed by atoms with E-state index in [-0.39, 0.29) is 24.2 Å². The molecule has 0 atom stereocenters. The van der Waals surface area contributed by atoms with Crippen molar-refractivity contribution in [3.05, 3.63) is 48.3 Å². The molecule has 0 saturated heterocycles. The number of anilines is 3. The summed E-state index contributed by atoms with van der Waals surface area (Å²) in [5, 5.41) is 5.43. The minimum atomic E-state index is -0.356. The van der Waals surface area contributed by atoms with Gasteiger partial charge in [-0.3, -0.25) is 9.59 Å². The van der Waals surface area contributed by atoms with E-state index in [2.05, 4.69) is 10.6 Å². The van der Waals surface area contributed by atoms with Crippen molar-refractivity contribution >= 4 is 28.9 Å². The first-order valence-electron chi connectivity index (χ1n) is 8.19. The highest BCUT2D eigenvalue weighted by Gasteiger charge is 2.13. The number of nitrogens with one attached hydrogen (secondary N) is 2. The van der Waals surface area contributed by atoms with Crippen LogP contribution in [0, 0.1) is 5.82 Å². The third kappa shape index (κ3) is 5.20. The maximum atomic E-state index is 13.4. The molecule has 138 valence electrons. The number of hydrogen-bond donors (Lipinski definition) is 2. The molecule has 0 aliphatic carbocycles. The van der Waals surface area contributed by atoms with Crippen LogP contribution in [-0.2, 0) is 9.59 Å². The van der Waals surface area contributed by atoms with E-state index in [0.29, 0.717) is 29.4 Å². The van der Waals surface area contributed by atoms with E-state index in [9.17, 15) is 14.0 Å². The van der Waals surface area contributed by atoms with Crippen molar-refractivity contribution in [2.24, 2.45) is 0 Å². The van der Waals surface area contributed by atoms with Crippen molar-refractivity contribution in [3.8, 4) is 5.75 Å². The van der Waals surface area contributed by atoms with E-state index in [1.807, 2.05) is 6.92 Å². The number of carbonyl (C=O) groups excluding carboxylic acids is 2. The molecular weight excluding hydrogens is 337 g/mol. The minimum absolute atomic E-state index is 0.0491. The summed E-state index contributed by atoms with van der Waals surface area (Å²) < 4.78 is 18.7. The largest absolute Gasteiger partial charge is 0.495 e. The minimum Gasteiger partial charge on any atom is -0.495 e. The van der Waals surface area contributed by atoms with Crippen LogP contribution in [0.2, 0.25) is 0 Å². The van der Waals surface area contributed by atoms with Crippen LogP contribution in [0.5, 0.6) is 5.75 Å². The first-order valence-corrected chi connectivity index (χ1v) is 8.19. The van der Waals surface area contributed by atoms with Crippen LogP contribution in [0.25, 0.3) is 0 Å². The van der Waals surface area contributed by atoms with E-state index < -0.39 is 0 Å². The fraction of sp³-hybridized carbons (Fsp3) is 0.263. The molecule has 2 aromatic carbocycles. The normalized spacial score (nSPS) is 10.2. The second kappa shape index (κ2) is 8.84. The fourth-order valence-electron chi connectivity index (χ4n) is 2.51. The van der Waals surface area contributed by atoms with Crippen LogP contribution in [0.3, 0.4) is 0 Å². The van der Waals surface area contributed by atoms with Gasteiger partial charge in [0.05, 0.1) is 19.3 Å². The Morgan fingerprint density at radius 1 is 1.15 bits per heavy atom. The van der Waals surface area contributed by atoms with Crippen LogP contribution in [0.1, 0.15) is 13.8 Å². The Balaban J connectivity index is 2.13. The number of benzene rings is 2. The molecule has 0 spiro atoms. The molecular formula is C19H22FN3O3. The molecule has 2 rings (SSSR count). The third-order valence-electron chi connectivity index (χ3n) is 3.68. The van der Waals surface area contributed by atoms with E-state index in [0.717, 1.165) is 0 Å². The van der Waals surface area contributed by atoms with Crippen LogP contribution >= 0.6 is 0 Å². The molecule has 0 saturated carbocycles. The fourth-order valence-corrected chi connectivity index (χ4v) is 2.51. The second-order valence-electron chi connectivity index (χ2n) is 5.64. The monoisotopic (exact) mass is 359 g/mol.